The monoisotopic (exact) mass is 266 g/mol. The molecule has 2 saturated heterocycles. The molecule has 0 spiro atoms. The van der Waals surface area contributed by atoms with Crippen molar-refractivity contribution in [2.24, 2.45) is 0 Å². The van der Waals surface area contributed by atoms with Gasteiger partial charge in [0.1, 0.15) is 0 Å². The molecule has 0 radical (unpaired) electrons. The van der Waals surface area contributed by atoms with Crippen molar-refractivity contribution in [2.45, 2.75) is 25.3 Å². The van der Waals surface area contributed by atoms with Gasteiger partial charge in [-0.15, -0.1) is 0 Å². The summed E-state index contributed by atoms with van der Waals surface area (Å²) in [6.45, 7) is 6.77. The minimum atomic E-state index is 0.327. The van der Waals surface area contributed by atoms with Gasteiger partial charge in [-0.25, -0.2) is 0 Å². The maximum absolute atomic E-state index is 5.38. The summed E-state index contributed by atoms with van der Waals surface area (Å²) in [4.78, 5) is 9.29. The highest BCUT2D eigenvalue weighted by Gasteiger charge is 2.23. The molecule has 1 aromatic heterocycles. The second-order valence-corrected chi connectivity index (χ2v) is 5.54. The average molecular weight is 266 g/mol. The fourth-order valence-electron chi connectivity index (χ4n) is 2.69. The van der Waals surface area contributed by atoms with Crippen LogP contribution in [0.5, 0.6) is 0 Å². The molecule has 106 valence electrons. The van der Waals surface area contributed by atoms with Crippen molar-refractivity contribution in [1.82, 2.24) is 19.9 Å². The van der Waals surface area contributed by atoms with Crippen molar-refractivity contribution >= 4 is 0 Å². The molecule has 19 heavy (non-hydrogen) atoms. The first kappa shape index (κ1) is 13.0. The lowest BCUT2D eigenvalue weighted by Crippen LogP contribution is -2.28. The zero-order valence-corrected chi connectivity index (χ0v) is 11.5. The van der Waals surface area contributed by atoms with E-state index in [1.165, 1.54) is 13.0 Å². The van der Waals surface area contributed by atoms with Crippen molar-refractivity contribution < 1.29 is 9.26 Å². The van der Waals surface area contributed by atoms with Crippen LogP contribution in [0.1, 0.15) is 30.5 Å². The quantitative estimate of drug-likeness (QED) is 0.803. The van der Waals surface area contributed by atoms with Crippen LogP contribution in [0.15, 0.2) is 4.52 Å². The number of aromatic nitrogens is 2. The molecular formula is C13H22N4O2. The van der Waals surface area contributed by atoms with Gasteiger partial charge in [0.25, 0.3) is 0 Å². The third-order valence-corrected chi connectivity index (χ3v) is 3.95. The highest BCUT2D eigenvalue weighted by atomic mass is 16.5. The Hall–Kier alpha value is -0.980. The van der Waals surface area contributed by atoms with Gasteiger partial charge in [-0.3, -0.25) is 4.90 Å². The first-order valence-electron chi connectivity index (χ1n) is 7.12. The normalized spacial score (nSPS) is 26.7. The molecule has 0 aliphatic carbocycles. The van der Waals surface area contributed by atoms with E-state index in [1.807, 2.05) is 0 Å². The highest BCUT2D eigenvalue weighted by molar-refractivity contribution is 4.97. The van der Waals surface area contributed by atoms with Crippen LogP contribution in [0, 0.1) is 0 Å². The molecule has 0 aromatic carbocycles. The zero-order chi connectivity index (χ0) is 13.1. The predicted octanol–water partition coefficient (Wildman–Crippen LogP) is 0.711. The molecule has 2 fully saturated rings. The van der Waals surface area contributed by atoms with Crippen LogP contribution in [0.3, 0.4) is 0 Å². The Balaban J connectivity index is 1.57. The molecule has 6 nitrogen and oxygen atoms in total. The molecule has 0 bridgehead atoms. The van der Waals surface area contributed by atoms with Crippen LogP contribution in [0.25, 0.3) is 0 Å². The Labute approximate surface area is 113 Å². The van der Waals surface area contributed by atoms with Gasteiger partial charge in [-0.2, -0.15) is 4.98 Å². The molecule has 1 unspecified atom stereocenters. The largest absolute Gasteiger partial charge is 0.381 e. The molecular weight excluding hydrogens is 244 g/mol. The summed E-state index contributed by atoms with van der Waals surface area (Å²) in [5, 5.41) is 4.10. The third kappa shape index (κ3) is 3.32. The summed E-state index contributed by atoms with van der Waals surface area (Å²) < 4.78 is 10.7. The number of hydrogen-bond acceptors (Lipinski definition) is 6. The molecule has 1 atom stereocenters. The Bertz CT molecular complexity index is 403. The molecule has 2 aliphatic rings. The maximum atomic E-state index is 5.38. The molecule has 2 aliphatic heterocycles. The van der Waals surface area contributed by atoms with Crippen molar-refractivity contribution in [1.29, 1.82) is 0 Å². The van der Waals surface area contributed by atoms with Gasteiger partial charge in [0.15, 0.2) is 5.82 Å². The molecule has 0 amide bonds. The van der Waals surface area contributed by atoms with E-state index in [0.29, 0.717) is 5.92 Å². The number of nitrogens with zero attached hydrogens (tertiary/aromatic N) is 4. The minimum absolute atomic E-state index is 0.327. The van der Waals surface area contributed by atoms with Crippen molar-refractivity contribution in [3.8, 4) is 0 Å². The summed E-state index contributed by atoms with van der Waals surface area (Å²) in [6, 6.07) is 0. The first-order valence-corrected chi connectivity index (χ1v) is 7.12. The molecule has 0 N–H and O–H groups in total. The first-order chi connectivity index (χ1) is 9.31. The van der Waals surface area contributed by atoms with Crippen molar-refractivity contribution in [2.75, 3.05) is 46.4 Å². The van der Waals surface area contributed by atoms with E-state index in [-0.39, 0.29) is 0 Å². The Kier molecular flexibility index (Phi) is 4.10. The summed E-state index contributed by atoms with van der Waals surface area (Å²) >= 11 is 0. The highest BCUT2D eigenvalue weighted by Crippen LogP contribution is 2.22. The van der Waals surface area contributed by atoms with E-state index >= 15 is 0 Å². The topological polar surface area (TPSA) is 54.6 Å². The third-order valence-electron chi connectivity index (χ3n) is 3.95. The van der Waals surface area contributed by atoms with E-state index in [1.54, 1.807) is 0 Å². The maximum Gasteiger partial charge on any atom is 0.240 e. The average Bonchev–Trinajstić information content (AvgIpc) is 3.02. The van der Waals surface area contributed by atoms with Crippen LogP contribution in [0.2, 0.25) is 0 Å². The van der Waals surface area contributed by atoms with E-state index in [2.05, 4.69) is 27.0 Å². The molecule has 1 aromatic rings. The smallest absolute Gasteiger partial charge is 0.240 e. The standard InChI is InChI=1S/C13H22N4O2/c1-16-4-2-5-17(7-6-16)9-12-14-13(15-19-12)11-3-8-18-10-11/h11H,2-10H2,1H3. The van der Waals surface area contributed by atoms with Gasteiger partial charge in [-0.1, -0.05) is 5.16 Å². The fraction of sp³-hybridized carbons (Fsp3) is 0.846. The molecule has 6 heteroatoms. The fourth-order valence-corrected chi connectivity index (χ4v) is 2.69. The predicted molar refractivity (Wildman–Crippen MR) is 69.9 cm³/mol. The lowest BCUT2D eigenvalue weighted by Gasteiger charge is -2.17. The second-order valence-electron chi connectivity index (χ2n) is 5.54. The van der Waals surface area contributed by atoms with E-state index in [9.17, 15) is 0 Å². The Morgan fingerprint density at radius 3 is 3.05 bits per heavy atom. The summed E-state index contributed by atoms with van der Waals surface area (Å²) in [5.41, 5.74) is 0. The van der Waals surface area contributed by atoms with Gasteiger partial charge in [-0.05, 0) is 33.0 Å². The van der Waals surface area contributed by atoms with Crippen molar-refractivity contribution in [3.05, 3.63) is 11.7 Å². The minimum Gasteiger partial charge on any atom is -0.381 e. The second kappa shape index (κ2) is 5.98. The van der Waals surface area contributed by atoms with Crippen LogP contribution in [0.4, 0.5) is 0 Å². The van der Waals surface area contributed by atoms with Gasteiger partial charge < -0.3 is 14.2 Å². The molecule has 3 heterocycles. The van der Waals surface area contributed by atoms with Crippen LogP contribution in [-0.4, -0.2) is 66.4 Å². The molecule has 3 rings (SSSR count). The Morgan fingerprint density at radius 1 is 1.26 bits per heavy atom. The van der Waals surface area contributed by atoms with Gasteiger partial charge >= 0.3 is 0 Å². The zero-order valence-electron chi connectivity index (χ0n) is 11.5. The Morgan fingerprint density at radius 2 is 2.21 bits per heavy atom. The van der Waals surface area contributed by atoms with Gasteiger partial charge in [0.05, 0.1) is 13.2 Å². The lowest BCUT2D eigenvalue weighted by molar-refractivity contribution is 0.192. The lowest BCUT2D eigenvalue weighted by atomic mass is 10.1. The number of rotatable bonds is 3. The van der Waals surface area contributed by atoms with Crippen molar-refractivity contribution in [3.63, 3.8) is 0 Å². The van der Waals surface area contributed by atoms with E-state index in [0.717, 1.165) is 57.5 Å². The molecule has 0 saturated carbocycles. The summed E-state index contributed by atoms with van der Waals surface area (Å²) in [6.07, 6.45) is 2.21. The van der Waals surface area contributed by atoms with E-state index < -0.39 is 0 Å². The number of ether oxygens (including phenoxy) is 1. The van der Waals surface area contributed by atoms with Crippen LogP contribution < -0.4 is 0 Å². The van der Waals surface area contributed by atoms with Gasteiger partial charge in [0, 0.05) is 25.6 Å². The van der Waals surface area contributed by atoms with Crippen LogP contribution in [-0.2, 0) is 11.3 Å². The number of likely N-dealkylation sites (N-methyl/N-ethyl adjacent to an activating group) is 1. The SMILES string of the molecule is CN1CCCN(Cc2nc(C3CCOC3)no2)CC1. The summed E-state index contributed by atoms with van der Waals surface area (Å²) in [7, 11) is 2.17. The number of hydrogen-bond donors (Lipinski definition) is 0. The summed E-state index contributed by atoms with van der Waals surface area (Å²) in [5.74, 6) is 1.89. The van der Waals surface area contributed by atoms with Crippen LogP contribution >= 0.6 is 0 Å². The van der Waals surface area contributed by atoms with E-state index in [4.69, 9.17) is 9.26 Å². The van der Waals surface area contributed by atoms with Gasteiger partial charge in [0.2, 0.25) is 5.89 Å².